The Morgan fingerprint density at radius 2 is 1.92 bits per heavy atom. The first-order chi connectivity index (χ1) is 12.3. The molecule has 1 unspecified atom stereocenters. The van der Waals surface area contributed by atoms with Crippen molar-refractivity contribution in [3.63, 3.8) is 0 Å². The molecule has 1 N–H and O–H groups in total. The van der Waals surface area contributed by atoms with Gasteiger partial charge in [0, 0.05) is 10.4 Å². The van der Waals surface area contributed by atoms with E-state index in [1.807, 2.05) is 47.8 Å². The van der Waals surface area contributed by atoms with Crippen LogP contribution in [0.4, 0.5) is 0 Å². The van der Waals surface area contributed by atoms with Crippen LogP contribution in [0.2, 0.25) is 0 Å². The summed E-state index contributed by atoms with van der Waals surface area (Å²) in [5.41, 5.74) is 0.944. The van der Waals surface area contributed by atoms with Crippen LogP contribution in [0.5, 0.6) is 0 Å². The van der Waals surface area contributed by atoms with E-state index in [4.69, 9.17) is 4.42 Å². The maximum atomic E-state index is 10.5. The van der Waals surface area contributed by atoms with Gasteiger partial charge in [-0.05, 0) is 55.4 Å². The Morgan fingerprint density at radius 1 is 1.12 bits per heavy atom. The van der Waals surface area contributed by atoms with E-state index in [-0.39, 0.29) is 6.10 Å². The van der Waals surface area contributed by atoms with E-state index in [1.165, 1.54) is 0 Å². The van der Waals surface area contributed by atoms with Crippen molar-refractivity contribution in [1.29, 1.82) is 0 Å². The molecule has 1 fully saturated rings. The molecule has 6 heteroatoms. The highest BCUT2D eigenvalue weighted by Crippen LogP contribution is 2.33. The number of likely N-dealkylation sites (tertiary alicyclic amines) is 1. The van der Waals surface area contributed by atoms with Gasteiger partial charge in [-0.25, -0.2) is 0 Å². The summed E-state index contributed by atoms with van der Waals surface area (Å²) in [6.07, 6.45) is 1.63. The van der Waals surface area contributed by atoms with Gasteiger partial charge in [-0.3, -0.25) is 4.90 Å². The van der Waals surface area contributed by atoms with Crippen molar-refractivity contribution in [2.24, 2.45) is 5.92 Å². The van der Waals surface area contributed by atoms with Gasteiger partial charge in [0.15, 0.2) is 0 Å². The summed E-state index contributed by atoms with van der Waals surface area (Å²) in [6, 6.07) is 13.8. The van der Waals surface area contributed by atoms with Gasteiger partial charge in [0.25, 0.3) is 0 Å². The van der Waals surface area contributed by atoms with E-state index in [1.54, 1.807) is 11.3 Å². The fraction of sp³-hybridized carbons (Fsp3) is 0.368. The second-order valence-corrected chi connectivity index (χ2v) is 7.42. The van der Waals surface area contributed by atoms with Gasteiger partial charge in [-0.1, -0.05) is 24.3 Å². The number of hydrogen-bond acceptors (Lipinski definition) is 6. The van der Waals surface area contributed by atoms with Crippen LogP contribution in [0.15, 0.2) is 52.3 Å². The first kappa shape index (κ1) is 16.4. The molecule has 0 amide bonds. The van der Waals surface area contributed by atoms with Crippen molar-refractivity contribution in [3.05, 3.63) is 58.6 Å². The first-order valence-electron chi connectivity index (χ1n) is 8.61. The monoisotopic (exact) mass is 355 g/mol. The number of benzene rings is 1. The highest BCUT2D eigenvalue weighted by Gasteiger charge is 2.27. The molecular formula is C19H21N3O2S. The topological polar surface area (TPSA) is 62.4 Å². The quantitative estimate of drug-likeness (QED) is 0.755. The molecule has 3 heterocycles. The number of piperidine rings is 1. The summed E-state index contributed by atoms with van der Waals surface area (Å²) in [4.78, 5) is 3.39. The Hall–Kier alpha value is -2.02. The number of rotatable bonds is 5. The van der Waals surface area contributed by atoms with Gasteiger partial charge in [0.1, 0.15) is 0 Å². The third-order valence-corrected chi connectivity index (χ3v) is 5.70. The van der Waals surface area contributed by atoms with Crippen molar-refractivity contribution in [2.75, 3.05) is 13.1 Å². The predicted octanol–water partition coefficient (Wildman–Crippen LogP) is 3.74. The van der Waals surface area contributed by atoms with Crippen LogP contribution in [-0.4, -0.2) is 33.3 Å². The molecule has 0 spiro atoms. The second kappa shape index (κ2) is 7.47. The van der Waals surface area contributed by atoms with Gasteiger partial charge in [-0.15, -0.1) is 21.5 Å². The molecule has 1 atom stereocenters. The van der Waals surface area contributed by atoms with Gasteiger partial charge >= 0.3 is 0 Å². The van der Waals surface area contributed by atoms with Crippen molar-refractivity contribution in [2.45, 2.75) is 25.5 Å². The fourth-order valence-electron chi connectivity index (χ4n) is 3.32. The molecule has 2 aromatic heterocycles. The molecule has 1 aliphatic rings. The van der Waals surface area contributed by atoms with E-state index in [0.717, 1.165) is 36.4 Å². The SMILES string of the molecule is OC(c1cccs1)C1CCN(Cc2nnc(-c3ccccc3)o2)CC1. The molecule has 1 saturated heterocycles. The van der Waals surface area contributed by atoms with Crippen LogP contribution in [0.1, 0.15) is 29.7 Å². The average molecular weight is 355 g/mol. The van der Waals surface area contributed by atoms with Crippen LogP contribution in [0.3, 0.4) is 0 Å². The van der Waals surface area contributed by atoms with Crippen molar-refractivity contribution in [1.82, 2.24) is 15.1 Å². The third kappa shape index (κ3) is 3.81. The minimum Gasteiger partial charge on any atom is -0.419 e. The molecular weight excluding hydrogens is 334 g/mol. The molecule has 4 rings (SSSR count). The number of nitrogens with zero attached hydrogens (tertiary/aromatic N) is 3. The minimum atomic E-state index is -0.338. The lowest BCUT2D eigenvalue weighted by atomic mass is 9.90. The molecule has 5 nitrogen and oxygen atoms in total. The highest BCUT2D eigenvalue weighted by molar-refractivity contribution is 7.10. The van der Waals surface area contributed by atoms with Crippen LogP contribution in [0.25, 0.3) is 11.5 Å². The summed E-state index contributed by atoms with van der Waals surface area (Å²) >= 11 is 1.63. The Balaban J connectivity index is 1.32. The molecule has 3 aromatic rings. The normalized spacial score (nSPS) is 17.6. The fourth-order valence-corrected chi connectivity index (χ4v) is 4.13. The molecule has 0 saturated carbocycles. The van der Waals surface area contributed by atoms with Gasteiger partial charge < -0.3 is 9.52 Å². The molecule has 25 heavy (non-hydrogen) atoms. The number of hydrogen-bond donors (Lipinski definition) is 1. The summed E-state index contributed by atoms with van der Waals surface area (Å²) in [7, 11) is 0. The number of aliphatic hydroxyl groups excluding tert-OH is 1. The lowest BCUT2D eigenvalue weighted by Crippen LogP contribution is -2.35. The van der Waals surface area contributed by atoms with Crippen LogP contribution in [0, 0.1) is 5.92 Å². The zero-order valence-electron chi connectivity index (χ0n) is 13.9. The molecule has 130 valence electrons. The largest absolute Gasteiger partial charge is 0.419 e. The maximum absolute atomic E-state index is 10.5. The van der Waals surface area contributed by atoms with Crippen molar-refractivity contribution < 1.29 is 9.52 Å². The Bertz CT molecular complexity index is 780. The molecule has 1 aromatic carbocycles. The van der Waals surface area contributed by atoms with E-state index in [2.05, 4.69) is 15.1 Å². The minimum absolute atomic E-state index is 0.331. The second-order valence-electron chi connectivity index (χ2n) is 6.44. The smallest absolute Gasteiger partial charge is 0.247 e. The summed E-state index contributed by atoms with van der Waals surface area (Å²) in [6.45, 7) is 2.55. The van der Waals surface area contributed by atoms with Crippen LogP contribution < -0.4 is 0 Å². The van der Waals surface area contributed by atoms with Crippen molar-refractivity contribution in [3.8, 4) is 11.5 Å². The number of thiophene rings is 1. The summed E-state index contributed by atoms with van der Waals surface area (Å²) in [5, 5.41) is 20.8. The van der Waals surface area contributed by atoms with Gasteiger partial charge in [-0.2, -0.15) is 0 Å². The van der Waals surface area contributed by atoms with Gasteiger partial charge in [0.2, 0.25) is 11.8 Å². The molecule has 0 aliphatic carbocycles. The van der Waals surface area contributed by atoms with E-state index >= 15 is 0 Å². The van der Waals surface area contributed by atoms with E-state index < -0.39 is 0 Å². The molecule has 0 bridgehead atoms. The third-order valence-electron chi connectivity index (χ3n) is 4.76. The standard InChI is InChI=1S/C19H21N3O2S/c23-18(16-7-4-12-25-16)14-8-10-22(11-9-14)13-17-20-21-19(24-17)15-5-2-1-3-6-15/h1-7,12,14,18,23H,8-11,13H2. The number of aromatic nitrogens is 2. The molecule has 1 aliphatic heterocycles. The van der Waals surface area contributed by atoms with Crippen LogP contribution >= 0.6 is 11.3 Å². The summed E-state index contributed by atoms with van der Waals surface area (Å²) < 4.78 is 5.79. The highest BCUT2D eigenvalue weighted by atomic mass is 32.1. The zero-order valence-corrected chi connectivity index (χ0v) is 14.7. The lowest BCUT2D eigenvalue weighted by molar-refractivity contribution is 0.0567. The van der Waals surface area contributed by atoms with Gasteiger partial charge in [0.05, 0.1) is 12.6 Å². The van der Waals surface area contributed by atoms with Crippen molar-refractivity contribution >= 4 is 11.3 Å². The Morgan fingerprint density at radius 3 is 2.64 bits per heavy atom. The maximum Gasteiger partial charge on any atom is 0.247 e. The predicted molar refractivity (Wildman–Crippen MR) is 97.0 cm³/mol. The van der Waals surface area contributed by atoms with Crippen LogP contribution in [-0.2, 0) is 6.54 Å². The van der Waals surface area contributed by atoms with E-state index in [0.29, 0.717) is 24.2 Å². The Labute approximate surface area is 150 Å². The zero-order chi connectivity index (χ0) is 17.1. The first-order valence-corrected chi connectivity index (χ1v) is 9.49. The summed E-state index contributed by atoms with van der Waals surface area (Å²) in [5.74, 6) is 1.55. The average Bonchev–Trinajstić information content (AvgIpc) is 3.35. The number of aliphatic hydroxyl groups is 1. The molecule has 0 radical (unpaired) electrons. The van der Waals surface area contributed by atoms with E-state index in [9.17, 15) is 5.11 Å². The Kier molecular flexibility index (Phi) is 4.92. The lowest BCUT2D eigenvalue weighted by Gasteiger charge is -2.33.